The molecule has 1 amide bonds. The number of piperidine rings is 1. The quantitative estimate of drug-likeness (QED) is 0.516. The van der Waals surface area contributed by atoms with Gasteiger partial charge in [-0.15, -0.1) is 0 Å². The summed E-state index contributed by atoms with van der Waals surface area (Å²) in [5, 5.41) is 0.244. The summed E-state index contributed by atoms with van der Waals surface area (Å²) < 4.78 is 46.5. The number of hydrogen-bond acceptors (Lipinski definition) is 4. The van der Waals surface area contributed by atoms with Crippen molar-refractivity contribution >= 4 is 17.7 Å². The SMILES string of the molecule is CC(C)(C)OC(=O)N1CCC(c2ccc(F)c3c2OC(C)(c2ccc(Cl)cc2F)O3)CC1. The average molecular weight is 466 g/mol. The van der Waals surface area contributed by atoms with Crippen molar-refractivity contribution in [1.82, 2.24) is 4.90 Å². The fraction of sp³-hybridized carbons (Fsp3) is 0.458. The number of carbonyl (C=O) groups is 1. The molecule has 2 aromatic carbocycles. The van der Waals surface area contributed by atoms with E-state index in [1.807, 2.05) is 20.8 Å². The summed E-state index contributed by atoms with van der Waals surface area (Å²) in [5.74, 6) is -2.42. The zero-order valence-corrected chi connectivity index (χ0v) is 19.3. The summed E-state index contributed by atoms with van der Waals surface area (Å²) in [6, 6.07) is 7.18. The first kappa shape index (κ1) is 22.6. The lowest BCUT2D eigenvalue weighted by molar-refractivity contribution is -0.0723. The van der Waals surface area contributed by atoms with Crippen molar-refractivity contribution in [3.05, 3.63) is 58.1 Å². The molecule has 1 atom stereocenters. The number of ether oxygens (including phenoxy) is 3. The molecule has 5 nitrogen and oxygen atoms in total. The molecule has 2 aliphatic rings. The molecule has 32 heavy (non-hydrogen) atoms. The van der Waals surface area contributed by atoms with E-state index in [9.17, 15) is 13.6 Å². The second kappa shape index (κ2) is 8.10. The fourth-order valence-electron chi connectivity index (χ4n) is 4.15. The molecule has 4 rings (SSSR count). The largest absolute Gasteiger partial charge is 0.444 e. The molecule has 0 N–H and O–H groups in total. The monoisotopic (exact) mass is 465 g/mol. The van der Waals surface area contributed by atoms with Gasteiger partial charge in [0.2, 0.25) is 5.75 Å². The maximum atomic E-state index is 14.6. The number of amides is 1. The molecular weight excluding hydrogens is 440 g/mol. The predicted molar refractivity (Wildman–Crippen MR) is 116 cm³/mol. The van der Waals surface area contributed by atoms with Gasteiger partial charge in [0.15, 0.2) is 11.6 Å². The zero-order valence-electron chi connectivity index (χ0n) is 18.5. The molecule has 8 heteroatoms. The first-order valence-corrected chi connectivity index (χ1v) is 11.0. The second-order valence-corrected chi connectivity index (χ2v) is 9.75. The van der Waals surface area contributed by atoms with Crippen molar-refractivity contribution in [3.8, 4) is 11.5 Å². The van der Waals surface area contributed by atoms with Crippen LogP contribution in [0, 0.1) is 11.6 Å². The Labute approximate surface area is 191 Å². The summed E-state index contributed by atoms with van der Waals surface area (Å²) in [6.07, 6.45) is 0.977. The molecule has 1 saturated heterocycles. The van der Waals surface area contributed by atoms with Gasteiger partial charge in [-0.2, -0.15) is 0 Å². The Morgan fingerprint density at radius 2 is 1.75 bits per heavy atom. The van der Waals surface area contributed by atoms with Crippen LogP contribution in [0.5, 0.6) is 11.5 Å². The highest BCUT2D eigenvalue weighted by molar-refractivity contribution is 6.30. The van der Waals surface area contributed by atoms with Gasteiger partial charge in [-0.25, -0.2) is 13.6 Å². The Hall–Kier alpha value is -2.54. The van der Waals surface area contributed by atoms with Crippen LogP contribution in [0.3, 0.4) is 0 Å². The highest BCUT2D eigenvalue weighted by Crippen LogP contribution is 2.51. The Bertz CT molecular complexity index is 1050. The van der Waals surface area contributed by atoms with Gasteiger partial charge >= 0.3 is 6.09 Å². The van der Waals surface area contributed by atoms with Gasteiger partial charge in [0.25, 0.3) is 5.79 Å². The van der Waals surface area contributed by atoms with Gasteiger partial charge in [0.1, 0.15) is 11.4 Å². The van der Waals surface area contributed by atoms with E-state index in [2.05, 4.69) is 0 Å². The Kier molecular flexibility index (Phi) is 5.74. The maximum absolute atomic E-state index is 14.6. The van der Waals surface area contributed by atoms with E-state index in [4.69, 9.17) is 25.8 Å². The van der Waals surface area contributed by atoms with E-state index in [0.29, 0.717) is 25.9 Å². The highest BCUT2D eigenvalue weighted by atomic mass is 35.5. The third-order valence-corrected chi connectivity index (χ3v) is 5.93. The lowest BCUT2D eigenvalue weighted by atomic mass is 9.88. The summed E-state index contributed by atoms with van der Waals surface area (Å²) in [5.41, 5.74) is 0.352. The van der Waals surface area contributed by atoms with Gasteiger partial charge in [0.05, 0.1) is 5.56 Å². The summed E-state index contributed by atoms with van der Waals surface area (Å²) >= 11 is 5.86. The summed E-state index contributed by atoms with van der Waals surface area (Å²) in [4.78, 5) is 14.0. The number of fused-ring (bicyclic) bond motifs is 1. The molecule has 1 unspecified atom stereocenters. The molecule has 0 spiro atoms. The minimum absolute atomic E-state index is 0.0315. The number of halogens is 3. The Balaban J connectivity index is 1.55. The van der Waals surface area contributed by atoms with Crippen LogP contribution in [-0.2, 0) is 10.5 Å². The maximum Gasteiger partial charge on any atom is 0.410 e. The molecule has 0 radical (unpaired) electrons. The molecule has 0 aromatic heterocycles. The summed E-state index contributed by atoms with van der Waals surface area (Å²) in [7, 11) is 0. The van der Waals surface area contributed by atoms with Crippen molar-refractivity contribution < 1.29 is 27.8 Å². The van der Waals surface area contributed by atoms with Gasteiger partial charge in [0, 0.05) is 30.6 Å². The topological polar surface area (TPSA) is 48.0 Å². The van der Waals surface area contributed by atoms with E-state index in [-0.39, 0.29) is 34.1 Å². The Morgan fingerprint density at radius 1 is 1.09 bits per heavy atom. The van der Waals surface area contributed by atoms with E-state index >= 15 is 0 Å². The lowest BCUT2D eigenvalue weighted by Crippen LogP contribution is -2.41. The van der Waals surface area contributed by atoms with Crippen molar-refractivity contribution in [1.29, 1.82) is 0 Å². The minimum Gasteiger partial charge on any atom is -0.444 e. The number of rotatable bonds is 2. The molecule has 1 fully saturated rings. The zero-order chi connectivity index (χ0) is 23.3. The summed E-state index contributed by atoms with van der Waals surface area (Å²) in [6.45, 7) is 8.06. The molecule has 172 valence electrons. The number of hydrogen-bond donors (Lipinski definition) is 0. The van der Waals surface area contributed by atoms with Crippen molar-refractivity contribution in [2.45, 2.75) is 57.8 Å². The van der Waals surface area contributed by atoms with Crippen LogP contribution in [0.2, 0.25) is 5.02 Å². The van der Waals surface area contributed by atoms with Crippen molar-refractivity contribution in [2.24, 2.45) is 0 Å². The van der Waals surface area contributed by atoms with Crippen LogP contribution in [-0.4, -0.2) is 29.7 Å². The Morgan fingerprint density at radius 3 is 2.38 bits per heavy atom. The predicted octanol–water partition coefficient (Wildman–Crippen LogP) is 6.38. The van der Waals surface area contributed by atoms with Crippen LogP contribution in [0.25, 0.3) is 0 Å². The third-order valence-electron chi connectivity index (χ3n) is 5.70. The molecule has 0 bridgehead atoms. The minimum atomic E-state index is -1.52. The third kappa shape index (κ3) is 4.35. The second-order valence-electron chi connectivity index (χ2n) is 9.31. The molecule has 0 saturated carbocycles. The normalized spacial score (nSPS) is 21.0. The van der Waals surface area contributed by atoms with E-state index < -0.39 is 23.0 Å². The lowest BCUT2D eigenvalue weighted by Gasteiger charge is -2.34. The van der Waals surface area contributed by atoms with Gasteiger partial charge in [-0.1, -0.05) is 17.7 Å². The standard InChI is InChI=1S/C24H26ClF2NO4/c1-23(2,3)32-22(29)28-11-9-14(10-12-28)16-6-8-18(26)21-20(16)30-24(4,31-21)17-7-5-15(25)13-19(17)27/h5-8,13-14H,9-12H2,1-4H3. The average Bonchev–Trinajstić information content (AvgIpc) is 3.06. The van der Waals surface area contributed by atoms with Gasteiger partial charge in [-0.3, -0.25) is 0 Å². The first-order chi connectivity index (χ1) is 15.0. The van der Waals surface area contributed by atoms with Crippen LogP contribution in [0.15, 0.2) is 30.3 Å². The van der Waals surface area contributed by atoms with Crippen molar-refractivity contribution in [3.63, 3.8) is 0 Å². The van der Waals surface area contributed by atoms with Crippen LogP contribution in [0.4, 0.5) is 13.6 Å². The fourth-order valence-corrected chi connectivity index (χ4v) is 4.31. The van der Waals surface area contributed by atoms with Gasteiger partial charge in [-0.05, 0) is 63.8 Å². The highest BCUT2D eigenvalue weighted by Gasteiger charge is 2.44. The smallest absolute Gasteiger partial charge is 0.410 e. The number of carbonyl (C=O) groups excluding carboxylic acids is 1. The molecule has 2 heterocycles. The molecular formula is C24H26ClF2NO4. The van der Waals surface area contributed by atoms with E-state index in [1.54, 1.807) is 17.9 Å². The van der Waals surface area contributed by atoms with Gasteiger partial charge < -0.3 is 19.1 Å². The molecule has 2 aliphatic heterocycles. The van der Waals surface area contributed by atoms with E-state index in [1.165, 1.54) is 24.3 Å². The number of nitrogens with zero attached hydrogens (tertiary/aromatic N) is 1. The van der Waals surface area contributed by atoms with Crippen molar-refractivity contribution in [2.75, 3.05) is 13.1 Å². The van der Waals surface area contributed by atoms with Crippen LogP contribution in [0.1, 0.15) is 57.6 Å². The van der Waals surface area contributed by atoms with Crippen LogP contribution >= 0.6 is 11.6 Å². The first-order valence-electron chi connectivity index (χ1n) is 10.6. The molecule has 2 aromatic rings. The number of benzene rings is 2. The van der Waals surface area contributed by atoms with Crippen LogP contribution < -0.4 is 9.47 Å². The van der Waals surface area contributed by atoms with E-state index in [0.717, 1.165) is 5.56 Å². The number of likely N-dealkylation sites (tertiary alicyclic amines) is 1. The molecule has 0 aliphatic carbocycles.